The fourth-order valence-corrected chi connectivity index (χ4v) is 2.03. The molecule has 0 heterocycles. The highest BCUT2D eigenvalue weighted by Gasteiger charge is 2.10. The van der Waals surface area contributed by atoms with Crippen LogP contribution in [0.1, 0.15) is 28.4 Å². The minimum atomic E-state index is -0.321. The van der Waals surface area contributed by atoms with Crippen LogP contribution in [-0.4, -0.2) is 11.0 Å². The first-order chi connectivity index (χ1) is 9.60. The Morgan fingerprint density at radius 3 is 2.40 bits per heavy atom. The molecule has 2 aromatic carbocycles. The van der Waals surface area contributed by atoms with Crippen molar-refractivity contribution >= 4 is 17.5 Å². The van der Waals surface area contributed by atoms with Crippen LogP contribution in [0.4, 0.5) is 0 Å². The first kappa shape index (κ1) is 14.4. The number of hydrogen-bond acceptors (Lipinski definition) is 2. The number of amides is 1. The molecule has 4 heteroatoms. The molecule has 0 aliphatic carbocycles. The van der Waals surface area contributed by atoms with Crippen molar-refractivity contribution in [1.29, 1.82) is 0 Å². The number of aromatic hydroxyl groups is 1. The molecule has 0 radical (unpaired) electrons. The smallest absolute Gasteiger partial charge is 0.255 e. The van der Waals surface area contributed by atoms with Crippen LogP contribution in [0.5, 0.6) is 5.75 Å². The van der Waals surface area contributed by atoms with Gasteiger partial charge >= 0.3 is 0 Å². The highest BCUT2D eigenvalue weighted by Crippen LogP contribution is 2.21. The lowest BCUT2D eigenvalue weighted by molar-refractivity contribution is 0.0948. The van der Waals surface area contributed by atoms with Crippen LogP contribution in [0.3, 0.4) is 0 Å². The van der Waals surface area contributed by atoms with Crippen molar-refractivity contribution in [3.05, 3.63) is 64.2 Å². The number of rotatable bonds is 4. The largest absolute Gasteiger partial charge is 0.507 e. The second kappa shape index (κ2) is 6.44. The number of phenolic OH excluding ortho intramolecular Hbond substituents is 1. The molecule has 20 heavy (non-hydrogen) atoms. The second-order valence-electron chi connectivity index (χ2n) is 4.51. The predicted molar refractivity (Wildman–Crippen MR) is 80.1 cm³/mol. The van der Waals surface area contributed by atoms with Gasteiger partial charge in [-0.1, -0.05) is 42.8 Å². The molecule has 0 spiro atoms. The third kappa shape index (κ3) is 3.52. The van der Waals surface area contributed by atoms with E-state index >= 15 is 0 Å². The molecule has 0 bridgehead atoms. The summed E-state index contributed by atoms with van der Waals surface area (Å²) in [7, 11) is 0. The van der Waals surface area contributed by atoms with E-state index in [2.05, 4.69) is 12.2 Å². The molecular formula is C16H16ClNO2. The van der Waals surface area contributed by atoms with Crippen molar-refractivity contribution in [2.24, 2.45) is 0 Å². The Morgan fingerprint density at radius 1 is 1.15 bits per heavy atom. The maximum atomic E-state index is 12.0. The summed E-state index contributed by atoms with van der Waals surface area (Å²) in [4.78, 5) is 12.0. The minimum absolute atomic E-state index is 0.115. The molecule has 0 aromatic heterocycles. The van der Waals surface area contributed by atoms with Crippen molar-refractivity contribution in [2.75, 3.05) is 0 Å². The number of carbonyl (C=O) groups is 1. The van der Waals surface area contributed by atoms with Gasteiger partial charge in [0.15, 0.2) is 0 Å². The van der Waals surface area contributed by atoms with Crippen LogP contribution in [0.15, 0.2) is 42.5 Å². The SMILES string of the molecule is CCc1ccc(CNC(=O)c2ccc(Cl)cc2O)cc1. The molecule has 1 amide bonds. The van der Waals surface area contributed by atoms with Gasteiger partial charge in [-0.05, 0) is 35.7 Å². The number of halogens is 1. The van der Waals surface area contributed by atoms with Gasteiger partial charge in [-0.15, -0.1) is 0 Å². The normalized spacial score (nSPS) is 10.3. The van der Waals surface area contributed by atoms with E-state index in [0.717, 1.165) is 12.0 Å². The van der Waals surface area contributed by atoms with E-state index in [9.17, 15) is 9.90 Å². The third-order valence-electron chi connectivity index (χ3n) is 3.09. The van der Waals surface area contributed by atoms with Gasteiger partial charge in [0, 0.05) is 11.6 Å². The van der Waals surface area contributed by atoms with E-state index < -0.39 is 0 Å². The van der Waals surface area contributed by atoms with Gasteiger partial charge in [0.05, 0.1) is 5.56 Å². The molecular weight excluding hydrogens is 274 g/mol. The topological polar surface area (TPSA) is 49.3 Å². The Kier molecular flexibility index (Phi) is 4.64. The van der Waals surface area contributed by atoms with E-state index in [1.165, 1.54) is 17.7 Å². The quantitative estimate of drug-likeness (QED) is 0.904. The third-order valence-corrected chi connectivity index (χ3v) is 3.32. The van der Waals surface area contributed by atoms with Crippen molar-refractivity contribution in [1.82, 2.24) is 5.32 Å². The zero-order valence-corrected chi connectivity index (χ0v) is 11.9. The fourth-order valence-electron chi connectivity index (χ4n) is 1.87. The zero-order valence-electron chi connectivity index (χ0n) is 11.2. The van der Waals surface area contributed by atoms with Gasteiger partial charge in [-0.25, -0.2) is 0 Å². The van der Waals surface area contributed by atoms with Crippen molar-refractivity contribution in [2.45, 2.75) is 19.9 Å². The number of benzene rings is 2. The van der Waals surface area contributed by atoms with E-state index in [-0.39, 0.29) is 17.2 Å². The van der Waals surface area contributed by atoms with Gasteiger partial charge in [-0.2, -0.15) is 0 Å². The van der Waals surface area contributed by atoms with Crippen LogP contribution >= 0.6 is 11.6 Å². The number of phenols is 1. The average molecular weight is 290 g/mol. The lowest BCUT2D eigenvalue weighted by Gasteiger charge is -2.08. The Labute approximate surface area is 123 Å². The van der Waals surface area contributed by atoms with Gasteiger partial charge in [0.1, 0.15) is 5.75 Å². The van der Waals surface area contributed by atoms with Crippen LogP contribution in [-0.2, 0) is 13.0 Å². The molecule has 0 saturated carbocycles. The molecule has 0 saturated heterocycles. The van der Waals surface area contributed by atoms with Crippen molar-refractivity contribution in [3.63, 3.8) is 0 Å². The summed E-state index contributed by atoms with van der Waals surface area (Å²) < 4.78 is 0. The summed E-state index contributed by atoms with van der Waals surface area (Å²) in [6, 6.07) is 12.5. The Bertz CT molecular complexity index is 608. The Hall–Kier alpha value is -2.00. The lowest BCUT2D eigenvalue weighted by atomic mass is 10.1. The van der Waals surface area contributed by atoms with Crippen LogP contribution in [0.25, 0.3) is 0 Å². The molecule has 0 aliphatic rings. The molecule has 0 unspecified atom stereocenters. The minimum Gasteiger partial charge on any atom is -0.507 e. The molecule has 2 rings (SSSR count). The summed E-state index contributed by atoms with van der Waals surface area (Å²) in [6.07, 6.45) is 0.991. The Morgan fingerprint density at radius 2 is 1.80 bits per heavy atom. The number of hydrogen-bond donors (Lipinski definition) is 2. The van der Waals surface area contributed by atoms with Crippen LogP contribution < -0.4 is 5.32 Å². The molecule has 0 aliphatic heterocycles. The highest BCUT2D eigenvalue weighted by molar-refractivity contribution is 6.30. The molecule has 3 nitrogen and oxygen atoms in total. The monoisotopic (exact) mass is 289 g/mol. The zero-order chi connectivity index (χ0) is 14.5. The molecule has 104 valence electrons. The second-order valence-corrected chi connectivity index (χ2v) is 4.95. The van der Waals surface area contributed by atoms with E-state index in [1.807, 2.05) is 24.3 Å². The predicted octanol–water partition coefficient (Wildman–Crippen LogP) is 3.54. The van der Waals surface area contributed by atoms with Crippen LogP contribution in [0, 0.1) is 0 Å². The van der Waals surface area contributed by atoms with Gasteiger partial charge < -0.3 is 10.4 Å². The van der Waals surface area contributed by atoms with Gasteiger partial charge in [-0.3, -0.25) is 4.79 Å². The highest BCUT2D eigenvalue weighted by atomic mass is 35.5. The summed E-state index contributed by atoms with van der Waals surface area (Å²) in [5.41, 5.74) is 2.50. The molecule has 0 atom stereocenters. The van der Waals surface area contributed by atoms with Crippen LogP contribution in [0.2, 0.25) is 5.02 Å². The Balaban J connectivity index is 2.00. The van der Waals surface area contributed by atoms with Crippen molar-refractivity contribution in [3.8, 4) is 5.75 Å². The lowest BCUT2D eigenvalue weighted by Crippen LogP contribution is -2.22. The molecule has 2 aromatic rings. The number of carbonyl (C=O) groups excluding carboxylic acids is 1. The first-order valence-corrected chi connectivity index (χ1v) is 6.82. The molecule has 2 N–H and O–H groups in total. The summed E-state index contributed by atoms with van der Waals surface area (Å²) in [5, 5.41) is 12.9. The first-order valence-electron chi connectivity index (χ1n) is 6.44. The summed E-state index contributed by atoms with van der Waals surface area (Å²) >= 11 is 5.73. The summed E-state index contributed by atoms with van der Waals surface area (Å²) in [6.45, 7) is 2.52. The van der Waals surface area contributed by atoms with E-state index in [1.54, 1.807) is 6.07 Å². The van der Waals surface area contributed by atoms with E-state index in [0.29, 0.717) is 11.6 Å². The van der Waals surface area contributed by atoms with Gasteiger partial charge in [0.2, 0.25) is 0 Å². The standard InChI is InChI=1S/C16H16ClNO2/c1-2-11-3-5-12(6-4-11)10-18-16(20)14-8-7-13(17)9-15(14)19/h3-9,19H,2,10H2,1H3,(H,18,20). The maximum absolute atomic E-state index is 12.0. The maximum Gasteiger partial charge on any atom is 0.255 e. The number of nitrogens with one attached hydrogen (secondary N) is 1. The fraction of sp³-hybridized carbons (Fsp3) is 0.188. The van der Waals surface area contributed by atoms with E-state index in [4.69, 9.17) is 11.6 Å². The number of aryl methyl sites for hydroxylation is 1. The van der Waals surface area contributed by atoms with Gasteiger partial charge in [0.25, 0.3) is 5.91 Å². The van der Waals surface area contributed by atoms with Crippen molar-refractivity contribution < 1.29 is 9.90 Å². The average Bonchev–Trinajstić information content (AvgIpc) is 2.45. The molecule has 0 fully saturated rings. The summed E-state index contributed by atoms with van der Waals surface area (Å²) in [5.74, 6) is -0.435.